The first-order chi connectivity index (χ1) is 13.1. The molecule has 28 heavy (non-hydrogen) atoms. The second-order valence-electron chi connectivity index (χ2n) is 7.09. The largest absolute Gasteiger partial charge is 0.467 e. The third kappa shape index (κ3) is 8.11. The minimum Gasteiger partial charge on any atom is -0.467 e. The molecule has 11 heteroatoms. The second kappa shape index (κ2) is 10.3. The van der Waals surface area contributed by atoms with Crippen molar-refractivity contribution in [2.24, 2.45) is 5.10 Å². The summed E-state index contributed by atoms with van der Waals surface area (Å²) in [4.78, 5) is 39.8. The number of amides is 1. The van der Waals surface area contributed by atoms with E-state index in [9.17, 15) is 14.4 Å². The second-order valence-corrected chi connectivity index (χ2v) is 7.09. The number of carbonyl (C=O) groups is 3. The van der Waals surface area contributed by atoms with E-state index >= 15 is 0 Å². The van der Waals surface area contributed by atoms with Gasteiger partial charge in [0.15, 0.2) is 0 Å². The van der Waals surface area contributed by atoms with Gasteiger partial charge in [-0.15, -0.1) is 4.95 Å². The van der Waals surface area contributed by atoms with Crippen LogP contribution >= 0.6 is 0 Å². The van der Waals surface area contributed by atoms with E-state index in [1.54, 1.807) is 25.7 Å². The number of methoxy groups -OCH3 is 1. The topological polar surface area (TPSA) is 123 Å². The van der Waals surface area contributed by atoms with Gasteiger partial charge in [0.1, 0.15) is 22.8 Å². The van der Waals surface area contributed by atoms with Crippen LogP contribution in [0.4, 0.5) is 4.79 Å². The highest BCUT2D eigenvalue weighted by Gasteiger charge is 2.30. The molecule has 2 atom stereocenters. The molecule has 0 aliphatic carbocycles. The Kier molecular flexibility index (Phi) is 8.50. The molecule has 0 aromatic heterocycles. The molecule has 1 fully saturated rings. The van der Waals surface area contributed by atoms with Crippen LogP contribution in [-0.2, 0) is 23.8 Å². The number of nitrogens with zero attached hydrogens (tertiary/aromatic N) is 3. The Morgan fingerprint density at radius 1 is 1.36 bits per heavy atom. The average molecular weight is 397 g/mol. The summed E-state index contributed by atoms with van der Waals surface area (Å²) in [6.45, 7) is 14.2. The van der Waals surface area contributed by atoms with Crippen LogP contribution in [0.25, 0.3) is 4.95 Å². The van der Waals surface area contributed by atoms with Gasteiger partial charge in [-0.25, -0.2) is 9.59 Å². The number of ether oxygens (including phenoxy) is 3. The van der Waals surface area contributed by atoms with Crippen molar-refractivity contribution in [3.63, 3.8) is 0 Å². The number of alkyl carbamates (subject to hydrolysis) is 1. The molecule has 11 nitrogen and oxygen atoms in total. The molecule has 0 saturated carbocycles. The van der Waals surface area contributed by atoms with E-state index in [0.29, 0.717) is 19.5 Å². The number of likely N-dealkylation sites (tertiary alicyclic amines) is 1. The van der Waals surface area contributed by atoms with E-state index < -0.39 is 23.7 Å². The molecule has 1 aliphatic heterocycles. The zero-order valence-corrected chi connectivity index (χ0v) is 16.8. The molecule has 0 aromatic carbocycles. The lowest BCUT2D eigenvalue weighted by molar-refractivity contribution is -0.145. The predicted molar refractivity (Wildman–Crippen MR) is 99.0 cm³/mol. The Morgan fingerprint density at radius 3 is 2.57 bits per heavy atom. The summed E-state index contributed by atoms with van der Waals surface area (Å²) in [5.74, 6) is -0.847. The van der Waals surface area contributed by atoms with Crippen LogP contribution in [0.2, 0.25) is 0 Å². The lowest BCUT2D eigenvalue weighted by Gasteiger charge is -2.24. The van der Waals surface area contributed by atoms with Gasteiger partial charge in [0.05, 0.1) is 13.7 Å². The van der Waals surface area contributed by atoms with Gasteiger partial charge >= 0.3 is 18.0 Å². The maximum atomic E-state index is 12.0. The van der Waals surface area contributed by atoms with Crippen molar-refractivity contribution in [1.29, 1.82) is 0 Å². The third-order valence-corrected chi connectivity index (χ3v) is 3.56. The van der Waals surface area contributed by atoms with E-state index in [4.69, 9.17) is 20.8 Å². The number of rotatable bonds is 5. The average Bonchev–Trinajstić information content (AvgIpc) is 3.02. The predicted octanol–water partition coefficient (Wildman–Crippen LogP) is 0.470. The molecule has 2 N–H and O–H groups in total. The Morgan fingerprint density at radius 2 is 2.04 bits per heavy atom. The maximum Gasteiger partial charge on any atom is 0.408 e. The van der Waals surface area contributed by atoms with Gasteiger partial charge in [-0.1, -0.05) is 0 Å². The minimum atomic E-state index is -1.05. The number of hydrogen-bond acceptors (Lipinski definition) is 7. The fourth-order valence-electron chi connectivity index (χ4n) is 2.49. The fraction of sp³-hybridized carbons (Fsp3) is 0.706. The summed E-state index contributed by atoms with van der Waals surface area (Å²) in [5.41, 5.74) is -0.726. The molecule has 1 amide bonds. The molecule has 1 rings (SSSR count). The van der Waals surface area contributed by atoms with Gasteiger partial charge in [0.25, 0.3) is 5.96 Å². The quantitative estimate of drug-likeness (QED) is 0.171. The summed E-state index contributed by atoms with van der Waals surface area (Å²) in [6, 6.07) is -1.05. The van der Waals surface area contributed by atoms with Gasteiger partial charge in [-0.2, -0.15) is 6.57 Å². The standard InChI is InChI=1S/C17H27N5O6/c1-11(23)27-12-7-8-22(10-12)15(21-18-5)19-9-13(14(24)26-6)20-16(25)28-17(2,3)4/h12-13H,7-10H2,1-4,6H3,(H,19,21)(H,20,25)/t12-,13-/m0/s1. The Balaban J connectivity index is 2.73. The van der Waals surface area contributed by atoms with Gasteiger partial charge < -0.3 is 29.7 Å². The summed E-state index contributed by atoms with van der Waals surface area (Å²) in [7, 11) is 1.20. The SMILES string of the molecule is [C-]#[N+]/N=C(\NC[C@H](NC(=O)OC(C)(C)C)C(=O)OC)N1CC[C@H](OC(C)=O)C1. The number of esters is 2. The van der Waals surface area contributed by atoms with E-state index in [2.05, 4.69) is 20.7 Å². The van der Waals surface area contributed by atoms with Gasteiger partial charge in [0, 0.05) is 26.4 Å². The van der Waals surface area contributed by atoms with Gasteiger partial charge in [0.2, 0.25) is 0 Å². The van der Waals surface area contributed by atoms with Crippen molar-refractivity contribution in [2.75, 3.05) is 26.7 Å². The smallest absolute Gasteiger partial charge is 0.408 e. The molecular formula is C17H27N5O6. The first-order valence-corrected chi connectivity index (χ1v) is 8.73. The molecule has 156 valence electrons. The number of nitrogens with one attached hydrogen (secondary N) is 2. The van der Waals surface area contributed by atoms with Crippen LogP contribution < -0.4 is 10.6 Å². The number of guanidine groups is 1. The van der Waals surface area contributed by atoms with E-state index in [1.165, 1.54) is 14.0 Å². The van der Waals surface area contributed by atoms with Crippen molar-refractivity contribution in [1.82, 2.24) is 15.5 Å². The Bertz CT molecular complexity index is 651. The Hall–Kier alpha value is -3.03. The molecule has 0 spiro atoms. The lowest BCUT2D eigenvalue weighted by Crippen LogP contribution is -2.52. The molecule has 1 saturated heterocycles. The fourth-order valence-corrected chi connectivity index (χ4v) is 2.49. The highest BCUT2D eigenvalue weighted by atomic mass is 16.6. The number of hydrogen-bond donors (Lipinski definition) is 2. The molecular weight excluding hydrogens is 370 g/mol. The molecule has 0 bridgehead atoms. The van der Waals surface area contributed by atoms with Crippen molar-refractivity contribution in [3.8, 4) is 0 Å². The highest BCUT2D eigenvalue weighted by molar-refractivity contribution is 5.84. The van der Waals surface area contributed by atoms with E-state index in [-0.39, 0.29) is 24.6 Å². The van der Waals surface area contributed by atoms with Crippen molar-refractivity contribution >= 4 is 24.0 Å². The monoisotopic (exact) mass is 397 g/mol. The van der Waals surface area contributed by atoms with Crippen LogP contribution in [-0.4, -0.2) is 73.4 Å². The zero-order valence-electron chi connectivity index (χ0n) is 16.8. The normalized spacial score (nSPS) is 17.9. The van der Waals surface area contributed by atoms with Crippen LogP contribution in [0.3, 0.4) is 0 Å². The summed E-state index contributed by atoms with van der Waals surface area (Å²) in [6.07, 6.45) is -0.481. The molecule has 0 radical (unpaired) electrons. The van der Waals surface area contributed by atoms with Crippen molar-refractivity contribution < 1.29 is 28.6 Å². The lowest BCUT2D eigenvalue weighted by atomic mass is 10.2. The first-order valence-electron chi connectivity index (χ1n) is 8.73. The van der Waals surface area contributed by atoms with Crippen LogP contribution in [0.5, 0.6) is 0 Å². The molecule has 1 heterocycles. The summed E-state index contributed by atoms with van der Waals surface area (Å²) in [5, 5.41) is 9.00. The maximum absolute atomic E-state index is 12.0. The summed E-state index contributed by atoms with van der Waals surface area (Å²) >= 11 is 0. The minimum absolute atomic E-state index is 0.0744. The molecule has 1 aliphatic rings. The van der Waals surface area contributed by atoms with Gasteiger partial charge in [-0.05, 0) is 20.8 Å². The number of carbonyl (C=O) groups excluding carboxylic acids is 3. The highest BCUT2D eigenvalue weighted by Crippen LogP contribution is 2.13. The molecule has 0 unspecified atom stereocenters. The van der Waals surface area contributed by atoms with Crippen LogP contribution in [0.15, 0.2) is 5.10 Å². The first kappa shape index (κ1) is 23.0. The van der Waals surface area contributed by atoms with E-state index in [0.717, 1.165) is 0 Å². The summed E-state index contributed by atoms with van der Waals surface area (Å²) < 4.78 is 15.0. The van der Waals surface area contributed by atoms with E-state index in [1.807, 2.05) is 0 Å². The third-order valence-electron chi connectivity index (χ3n) is 3.56. The molecule has 0 aromatic rings. The van der Waals surface area contributed by atoms with Crippen LogP contribution in [0, 0.1) is 6.57 Å². The zero-order chi connectivity index (χ0) is 21.3. The van der Waals surface area contributed by atoms with Gasteiger partial charge in [-0.3, -0.25) is 4.79 Å². The van der Waals surface area contributed by atoms with Crippen molar-refractivity contribution in [2.45, 2.75) is 51.9 Å². The van der Waals surface area contributed by atoms with Crippen LogP contribution in [0.1, 0.15) is 34.1 Å². The van der Waals surface area contributed by atoms with Crippen molar-refractivity contribution in [3.05, 3.63) is 11.5 Å². The Labute approximate surface area is 164 Å².